The van der Waals surface area contributed by atoms with Gasteiger partial charge in [0.05, 0.1) is 25.5 Å². The van der Waals surface area contributed by atoms with Crippen LogP contribution in [0.25, 0.3) is 0 Å². The molecule has 1 aromatic carbocycles. The van der Waals surface area contributed by atoms with Gasteiger partial charge in [0.1, 0.15) is 11.4 Å². The summed E-state index contributed by atoms with van der Waals surface area (Å²) in [4.78, 5) is 28.1. The summed E-state index contributed by atoms with van der Waals surface area (Å²) in [7, 11) is 1.29. The lowest BCUT2D eigenvalue weighted by molar-refractivity contribution is -0.372. The van der Waals surface area contributed by atoms with Crippen LogP contribution in [0.3, 0.4) is 0 Å². The lowest BCUT2D eigenvalue weighted by atomic mass is 10.1. The summed E-state index contributed by atoms with van der Waals surface area (Å²) in [5.41, 5.74) is 2.21. The summed E-state index contributed by atoms with van der Waals surface area (Å²) in [6.45, 7) is 1.91. The van der Waals surface area contributed by atoms with Crippen LogP contribution in [0.1, 0.15) is 26.3 Å². The normalized spacial score (nSPS) is 10.1. The van der Waals surface area contributed by atoms with Crippen molar-refractivity contribution in [3.63, 3.8) is 0 Å². The van der Waals surface area contributed by atoms with Crippen LogP contribution in [0.15, 0.2) is 36.5 Å². The molecule has 0 aliphatic rings. The van der Waals surface area contributed by atoms with Gasteiger partial charge in [-0.25, -0.2) is 9.78 Å². The number of carbonyl (C=O) groups is 2. The molecule has 0 bridgehead atoms. The van der Waals surface area contributed by atoms with E-state index in [1.54, 1.807) is 24.4 Å². The Hall–Kier alpha value is -2.38. The van der Waals surface area contributed by atoms with Crippen LogP contribution in [-0.4, -0.2) is 24.0 Å². The molecule has 2 rings (SSSR count). The van der Waals surface area contributed by atoms with Gasteiger partial charge in [0.2, 0.25) is 0 Å². The van der Waals surface area contributed by atoms with Gasteiger partial charge in [-0.2, -0.15) is 0 Å². The van der Waals surface area contributed by atoms with Gasteiger partial charge in [0, 0.05) is 12.3 Å². The average Bonchev–Trinajstić information content (AvgIpc) is 2.55. The third-order valence-corrected chi connectivity index (χ3v) is 3.29. The summed E-state index contributed by atoms with van der Waals surface area (Å²) in [6.07, 6.45) is 1.66. The predicted molar refractivity (Wildman–Crippen MR) is 85.3 cm³/mol. The summed E-state index contributed by atoms with van der Waals surface area (Å²) in [5, 5.41) is 2.69. The lowest BCUT2D eigenvalue weighted by Crippen LogP contribution is -2.65. The Labute approximate surface area is 133 Å². The van der Waals surface area contributed by atoms with E-state index in [1.807, 2.05) is 13.0 Å². The van der Waals surface area contributed by atoms with Gasteiger partial charge in [-0.05, 0) is 30.7 Å². The maximum Gasteiger partial charge on any atom is 0.337 e. The van der Waals surface area contributed by atoms with Crippen LogP contribution in [0.2, 0.25) is 0 Å². The van der Waals surface area contributed by atoms with Crippen molar-refractivity contribution < 1.29 is 19.0 Å². The molecule has 0 saturated carbocycles. The monoisotopic (exact) mass is 318 g/mol. The Morgan fingerprint density at radius 1 is 1.27 bits per heavy atom. The first kappa shape index (κ1) is 16.0. The molecule has 1 heterocycles. The smallest absolute Gasteiger partial charge is 0.337 e. The number of nitrogens with two attached hydrogens (primary N) is 1. The van der Waals surface area contributed by atoms with Crippen LogP contribution in [0.4, 0.5) is 11.5 Å². The Bertz CT molecular complexity index is 702. The highest BCUT2D eigenvalue weighted by molar-refractivity contribution is 7.73. The number of nitrogens with zero attached hydrogens (tertiary/aromatic N) is 1. The quantitative estimate of drug-likeness (QED) is 0.453. The number of benzene rings is 1. The van der Waals surface area contributed by atoms with Gasteiger partial charge >= 0.3 is 5.97 Å². The molecular weight excluding hydrogens is 302 g/mol. The molecule has 0 spiro atoms. The summed E-state index contributed by atoms with van der Waals surface area (Å²) in [5.74, 6) is -0.445. The van der Waals surface area contributed by atoms with E-state index in [9.17, 15) is 9.59 Å². The second kappa shape index (κ2) is 7.06. The molecule has 0 atom stereocenters. The van der Waals surface area contributed by atoms with Crippen LogP contribution >= 0.6 is 12.8 Å². The molecule has 1 aromatic heterocycles. The number of amides is 1. The number of aromatic nitrogens is 1. The van der Waals surface area contributed by atoms with E-state index in [-0.39, 0.29) is 5.91 Å². The van der Waals surface area contributed by atoms with Crippen molar-refractivity contribution in [3.8, 4) is 0 Å². The number of esters is 1. The second-order valence-electron chi connectivity index (χ2n) is 4.60. The average molecular weight is 318 g/mol. The standard InChI is InChI=1S/C15H15N3O3S/c1-9-3-6-13(16-8-9)17-14(19)11-7-10(15(20)21-2)4-5-12(11)18-22/h3-8,18,22H,1-2H3,(H,16,17,19)/p+1. The van der Waals surface area contributed by atoms with E-state index < -0.39 is 5.97 Å². The first-order valence-electron chi connectivity index (χ1n) is 6.49. The fourth-order valence-electron chi connectivity index (χ4n) is 1.84. The first-order valence-corrected chi connectivity index (χ1v) is 7.00. The molecule has 114 valence electrons. The molecule has 6 nitrogen and oxygen atoms in total. The molecule has 1 amide bonds. The number of ether oxygens (including phenoxy) is 1. The molecular formula is C15H16N3O3S+. The number of aryl methyl sites for hydroxylation is 1. The number of hydrogen-bond acceptors (Lipinski definition) is 5. The Kier molecular flexibility index (Phi) is 5.13. The highest BCUT2D eigenvalue weighted by Crippen LogP contribution is 2.16. The zero-order valence-electron chi connectivity index (χ0n) is 12.2. The minimum atomic E-state index is -0.506. The number of carbonyl (C=O) groups excluding carboxylic acids is 2. The number of thiol groups is 1. The minimum Gasteiger partial charge on any atom is -0.465 e. The summed E-state index contributed by atoms with van der Waals surface area (Å²) >= 11 is 4.09. The minimum absolute atomic E-state index is 0.295. The topological polar surface area (TPSA) is 84.9 Å². The van der Waals surface area contributed by atoms with Crippen molar-refractivity contribution in [3.05, 3.63) is 53.2 Å². The number of rotatable bonds is 4. The van der Waals surface area contributed by atoms with Gasteiger partial charge in [0.25, 0.3) is 5.91 Å². The maximum absolute atomic E-state index is 12.4. The van der Waals surface area contributed by atoms with Crippen LogP contribution in [-0.2, 0) is 4.74 Å². The molecule has 0 unspecified atom stereocenters. The molecule has 2 aromatic rings. The van der Waals surface area contributed by atoms with Crippen LogP contribution in [0.5, 0.6) is 0 Å². The van der Waals surface area contributed by atoms with Gasteiger partial charge in [0.15, 0.2) is 5.69 Å². The third-order valence-electron chi connectivity index (χ3n) is 3.01. The van der Waals surface area contributed by atoms with Crippen molar-refractivity contribution >= 4 is 36.2 Å². The Morgan fingerprint density at radius 2 is 2.05 bits per heavy atom. The second-order valence-corrected chi connectivity index (χ2v) is 4.86. The highest BCUT2D eigenvalue weighted by atomic mass is 32.1. The lowest BCUT2D eigenvalue weighted by Gasteiger charge is -2.08. The van der Waals surface area contributed by atoms with Gasteiger partial charge in [-0.1, -0.05) is 6.07 Å². The van der Waals surface area contributed by atoms with Gasteiger partial charge < -0.3 is 10.1 Å². The number of quaternary nitrogens is 1. The number of hydrogen-bond donors (Lipinski definition) is 3. The fourth-order valence-corrected chi connectivity index (χ4v) is 2.06. The van der Waals surface area contributed by atoms with E-state index in [0.717, 1.165) is 5.56 Å². The van der Waals surface area contributed by atoms with Crippen molar-refractivity contribution in [1.29, 1.82) is 0 Å². The van der Waals surface area contributed by atoms with E-state index in [2.05, 4.69) is 27.9 Å². The molecule has 3 N–H and O–H groups in total. The van der Waals surface area contributed by atoms with Crippen LogP contribution in [0, 0.1) is 6.92 Å². The Balaban J connectivity index is 2.30. The molecule has 0 aliphatic heterocycles. The largest absolute Gasteiger partial charge is 0.465 e. The molecule has 0 fully saturated rings. The van der Waals surface area contributed by atoms with Gasteiger partial charge in [-0.3, -0.25) is 9.52 Å². The number of nitrogens with one attached hydrogen (secondary N) is 1. The SMILES string of the molecule is COC(=O)c1ccc([NH2+]S)c(C(=O)Nc2ccc(C)cn2)c1. The number of methoxy groups -OCH3 is 1. The summed E-state index contributed by atoms with van der Waals surface area (Å²) < 4.78 is 6.16. The van der Waals surface area contributed by atoms with E-state index in [1.165, 1.54) is 17.9 Å². The fraction of sp³-hybridized carbons (Fsp3) is 0.133. The summed E-state index contributed by atoms with van der Waals surface area (Å²) in [6, 6.07) is 8.24. The maximum atomic E-state index is 12.4. The zero-order valence-corrected chi connectivity index (χ0v) is 13.1. The first-order chi connectivity index (χ1) is 10.5. The van der Waals surface area contributed by atoms with Crippen molar-refractivity contribution in [2.45, 2.75) is 6.92 Å². The van der Waals surface area contributed by atoms with Gasteiger partial charge in [-0.15, -0.1) is 0 Å². The van der Waals surface area contributed by atoms with Crippen molar-refractivity contribution in [1.82, 2.24) is 4.98 Å². The van der Waals surface area contributed by atoms with Crippen molar-refractivity contribution in [2.24, 2.45) is 0 Å². The molecule has 0 radical (unpaired) electrons. The zero-order chi connectivity index (χ0) is 16.1. The van der Waals surface area contributed by atoms with E-state index in [0.29, 0.717) is 22.6 Å². The Morgan fingerprint density at radius 3 is 2.64 bits per heavy atom. The van der Waals surface area contributed by atoms with E-state index in [4.69, 9.17) is 0 Å². The van der Waals surface area contributed by atoms with Crippen LogP contribution < -0.4 is 10.0 Å². The third kappa shape index (κ3) is 3.63. The molecule has 0 saturated heterocycles. The predicted octanol–water partition coefficient (Wildman–Crippen LogP) is 1.47. The number of pyridine rings is 1. The molecule has 0 aliphatic carbocycles. The number of anilines is 1. The molecule has 22 heavy (non-hydrogen) atoms. The van der Waals surface area contributed by atoms with E-state index >= 15 is 0 Å². The van der Waals surface area contributed by atoms with Crippen molar-refractivity contribution in [2.75, 3.05) is 12.4 Å². The molecule has 7 heteroatoms. The highest BCUT2D eigenvalue weighted by Gasteiger charge is 2.18.